The van der Waals surface area contributed by atoms with Gasteiger partial charge in [-0.15, -0.1) is 0 Å². The number of esters is 1. The molecule has 0 fully saturated rings. The van der Waals surface area contributed by atoms with E-state index in [-0.39, 0.29) is 30.0 Å². The van der Waals surface area contributed by atoms with Gasteiger partial charge in [0.05, 0.1) is 23.5 Å². The Morgan fingerprint density at radius 2 is 2.11 bits per heavy atom. The van der Waals surface area contributed by atoms with E-state index in [9.17, 15) is 13.2 Å². The van der Waals surface area contributed by atoms with Crippen LogP contribution in [0.5, 0.6) is 0 Å². The monoisotopic (exact) mass is 282 g/mol. The SMILES string of the molecule is CCOC(=O)CCNS(=O)(=O)c1ccccc1C#N. The molecule has 0 heterocycles. The second-order valence-electron chi connectivity index (χ2n) is 3.56. The van der Waals surface area contributed by atoms with Gasteiger partial charge in [0.1, 0.15) is 6.07 Å². The molecular weight excluding hydrogens is 268 g/mol. The van der Waals surface area contributed by atoms with E-state index in [4.69, 9.17) is 5.26 Å². The molecule has 0 aliphatic heterocycles. The molecule has 0 bridgehead atoms. The summed E-state index contributed by atoms with van der Waals surface area (Å²) in [6.07, 6.45) is -0.0538. The van der Waals surface area contributed by atoms with E-state index in [1.54, 1.807) is 13.0 Å². The predicted molar refractivity (Wildman–Crippen MR) is 67.6 cm³/mol. The maximum absolute atomic E-state index is 11.9. The van der Waals surface area contributed by atoms with Crippen LogP contribution in [0.4, 0.5) is 0 Å². The summed E-state index contributed by atoms with van der Waals surface area (Å²) in [4.78, 5) is 11.0. The van der Waals surface area contributed by atoms with Crippen molar-refractivity contribution in [3.05, 3.63) is 29.8 Å². The van der Waals surface area contributed by atoms with Gasteiger partial charge < -0.3 is 4.74 Å². The zero-order valence-corrected chi connectivity index (χ0v) is 11.2. The van der Waals surface area contributed by atoms with Gasteiger partial charge in [-0.3, -0.25) is 4.79 Å². The van der Waals surface area contributed by atoms with E-state index in [0.29, 0.717) is 0 Å². The lowest BCUT2D eigenvalue weighted by molar-refractivity contribution is -0.142. The van der Waals surface area contributed by atoms with Crippen molar-refractivity contribution in [2.24, 2.45) is 0 Å². The summed E-state index contributed by atoms with van der Waals surface area (Å²) < 4.78 is 30.8. The highest BCUT2D eigenvalue weighted by Crippen LogP contribution is 2.13. The summed E-state index contributed by atoms with van der Waals surface area (Å²) in [5.74, 6) is -0.473. The van der Waals surface area contributed by atoms with E-state index in [2.05, 4.69) is 9.46 Å². The lowest BCUT2D eigenvalue weighted by atomic mass is 10.2. The number of benzene rings is 1. The lowest BCUT2D eigenvalue weighted by Gasteiger charge is -2.07. The second-order valence-corrected chi connectivity index (χ2v) is 5.30. The standard InChI is InChI=1S/C12H14N2O4S/c1-2-18-12(15)7-8-14-19(16,17)11-6-4-3-5-10(11)9-13/h3-6,14H,2,7-8H2,1H3. The van der Waals surface area contributed by atoms with Crippen molar-refractivity contribution in [3.63, 3.8) is 0 Å². The first kappa shape index (κ1) is 15.1. The molecule has 0 atom stereocenters. The Hall–Kier alpha value is -1.91. The third-order valence-corrected chi connectivity index (χ3v) is 3.74. The number of rotatable bonds is 6. The third kappa shape index (κ3) is 4.35. The van der Waals surface area contributed by atoms with Crippen molar-refractivity contribution in [2.75, 3.05) is 13.2 Å². The highest BCUT2D eigenvalue weighted by atomic mass is 32.2. The van der Waals surface area contributed by atoms with Gasteiger partial charge in [0.25, 0.3) is 0 Å². The molecule has 19 heavy (non-hydrogen) atoms. The number of sulfonamides is 1. The Kier molecular flexibility index (Phi) is 5.48. The Bertz CT molecular complexity index is 590. The van der Waals surface area contributed by atoms with Crippen molar-refractivity contribution in [1.29, 1.82) is 5.26 Å². The maximum Gasteiger partial charge on any atom is 0.307 e. The van der Waals surface area contributed by atoms with Crippen LogP contribution in [0.15, 0.2) is 29.2 Å². The van der Waals surface area contributed by atoms with Crippen LogP contribution < -0.4 is 4.72 Å². The molecule has 1 aromatic carbocycles. The predicted octanol–water partition coefficient (Wildman–Crippen LogP) is 0.790. The van der Waals surface area contributed by atoms with Crippen molar-refractivity contribution in [1.82, 2.24) is 4.72 Å². The topological polar surface area (TPSA) is 96.3 Å². The fourth-order valence-electron chi connectivity index (χ4n) is 1.39. The van der Waals surface area contributed by atoms with Crippen LogP contribution in [0.2, 0.25) is 0 Å². The van der Waals surface area contributed by atoms with Crippen LogP contribution >= 0.6 is 0 Å². The summed E-state index contributed by atoms with van der Waals surface area (Å²) in [6.45, 7) is 1.86. The number of hydrogen-bond acceptors (Lipinski definition) is 5. The smallest absolute Gasteiger partial charge is 0.307 e. The summed E-state index contributed by atoms with van der Waals surface area (Å²) in [6, 6.07) is 7.67. The highest BCUT2D eigenvalue weighted by molar-refractivity contribution is 7.89. The van der Waals surface area contributed by atoms with Crippen LogP contribution in [0, 0.1) is 11.3 Å². The van der Waals surface area contributed by atoms with Gasteiger partial charge in [0, 0.05) is 6.54 Å². The molecule has 0 amide bonds. The molecular formula is C12H14N2O4S. The molecule has 0 saturated heterocycles. The molecule has 1 aromatic rings. The third-order valence-electron chi connectivity index (χ3n) is 2.22. The van der Waals surface area contributed by atoms with Gasteiger partial charge in [-0.05, 0) is 19.1 Å². The average Bonchev–Trinajstić information content (AvgIpc) is 2.38. The molecule has 0 aromatic heterocycles. The number of nitrogens with one attached hydrogen (secondary N) is 1. The van der Waals surface area contributed by atoms with Crippen molar-refractivity contribution in [3.8, 4) is 6.07 Å². The number of nitrogens with zero attached hydrogens (tertiary/aromatic N) is 1. The fourth-order valence-corrected chi connectivity index (χ4v) is 2.58. The fraction of sp³-hybridized carbons (Fsp3) is 0.333. The maximum atomic E-state index is 11.9. The Morgan fingerprint density at radius 3 is 2.74 bits per heavy atom. The van der Waals surface area contributed by atoms with Crippen molar-refractivity contribution < 1.29 is 17.9 Å². The quantitative estimate of drug-likeness (QED) is 0.778. The first-order valence-electron chi connectivity index (χ1n) is 5.65. The average molecular weight is 282 g/mol. The van der Waals surface area contributed by atoms with Gasteiger partial charge in [-0.2, -0.15) is 5.26 Å². The van der Waals surface area contributed by atoms with E-state index in [1.165, 1.54) is 18.2 Å². The van der Waals surface area contributed by atoms with Gasteiger partial charge in [-0.1, -0.05) is 12.1 Å². The molecule has 0 unspecified atom stereocenters. The molecule has 1 N–H and O–H groups in total. The zero-order valence-electron chi connectivity index (χ0n) is 10.4. The van der Waals surface area contributed by atoms with Gasteiger partial charge in [0.2, 0.25) is 10.0 Å². The number of hydrogen-bond donors (Lipinski definition) is 1. The van der Waals surface area contributed by atoms with Crippen LogP contribution in [-0.4, -0.2) is 27.5 Å². The summed E-state index contributed by atoms with van der Waals surface area (Å²) in [5, 5.41) is 8.85. The van der Waals surface area contributed by atoms with Crippen LogP contribution in [-0.2, 0) is 19.6 Å². The van der Waals surface area contributed by atoms with Gasteiger partial charge in [0.15, 0.2) is 0 Å². The Labute approximate surface area is 112 Å². The van der Waals surface area contributed by atoms with Crippen LogP contribution in [0.3, 0.4) is 0 Å². The van der Waals surface area contributed by atoms with Gasteiger partial charge in [-0.25, -0.2) is 13.1 Å². The van der Waals surface area contributed by atoms with E-state index in [1.807, 2.05) is 6.07 Å². The number of nitriles is 1. The number of ether oxygens (including phenoxy) is 1. The Morgan fingerprint density at radius 1 is 1.42 bits per heavy atom. The summed E-state index contributed by atoms with van der Waals surface area (Å²) >= 11 is 0. The number of carbonyl (C=O) groups is 1. The van der Waals surface area contributed by atoms with E-state index >= 15 is 0 Å². The second kappa shape index (κ2) is 6.87. The summed E-state index contributed by atoms with van der Waals surface area (Å²) in [5.41, 5.74) is 0.0612. The molecule has 0 spiro atoms. The van der Waals surface area contributed by atoms with Crippen molar-refractivity contribution in [2.45, 2.75) is 18.2 Å². The zero-order chi connectivity index (χ0) is 14.3. The van der Waals surface area contributed by atoms with Crippen molar-refractivity contribution >= 4 is 16.0 Å². The molecule has 7 heteroatoms. The molecule has 102 valence electrons. The minimum absolute atomic E-state index is 0.0538. The lowest BCUT2D eigenvalue weighted by Crippen LogP contribution is -2.27. The molecule has 1 rings (SSSR count). The molecule has 0 aliphatic rings. The first-order valence-corrected chi connectivity index (χ1v) is 7.14. The minimum atomic E-state index is -3.79. The van der Waals surface area contributed by atoms with Crippen LogP contribution in [0.1, 0.15) is 18.9 Å². The molecule has 0 radical (unpaired) electrons. The summed E-state index contributed by atoms with van der Waals surface area (Å²) in [7, 11) is -3.79. The first-order chi connectivity index (χ1) is 9.01. The minimum Gasteiger partial charge on any atom is -0.466 e. The van der Waals surface area contributed by atoms with Crippen LogP contribution in [0.25, 0.3) is 0 Å². The van der Waals surface area contributed by atoms with E-state index in [0.717, 1.165) is 0 Å². The largest absolute Gasteiger partial charge is 0.466 e. The molecule has 6 nitrogen and oxygen atoms in total. The Balaban J connectivity index is 2.72. The molecule has 0 aliphatic carbocycles. The molecule has 0 saturated carbocycles. The highest BCUT2D eigenvalue weighted by Gasteiger charge is 2.18. The van der Waals surface area contributed by atoms with E-state index < -0.39 is 16.0 Å². The van der Waals surface area contributed by atoms with Gasteiger partial charge >= 0.3 is 5.97 Å². The number of carbonyl (C=O) groups excluding carboxylic acids is 1. The normalized spacial score (nSPS) is 10.7.